The zero-order chi connectivity index (χ0) is 18.1. The van der Waals surface area contributed by atoms with Crippen molar-refractivity contribution in [3.63, 3.8) is 0 Å². The normalized spacial score (nSPS) is 24.4. The Morgan fingerprint density at radius 2 is 1.88 bits per heavy atom. The molecule has 4 heterocycles. The van der Waals surface area contributed by atoms with Crippen molar-refractivity contribution in [3.8, 4) is 0 Å². The lowest BCUT2D eigenvalue weighted by Gasteiger charge is -2.34. The second-order valence-corrected chi connectivity index (χ2v) is 7.95. The summed E-state index contributed by atoms with van der Waals surface area (Å²) in [6.07, 6.45) is 6.96. The molecule has 26 heavy (non-hydrogen) atoms. The molecule has 1 aromatic heterocycles. The Labute approximate surface area is 154 Å². The predicted octanol–water partition coefficient (Wildman–Crippen LogP) is 2.57. The number of anilines is 1. The molecule has 1 amide bonds. The molecule has 142 valence electrons. The lowest BCUT2D eigenvalue weighted by atomic mass is 9.93. The standard InChI is InChI=1S/C19H28N4O3/c1-14(2)22-7-3-15(4-8-22)16-11-21-17(12-20-16)23-13-19(26-18(23)24)5-9-25-10-6-19/h11-12,14-15H,3-10,13H2,1-2H3. The Morgan fingerprint density at radius 1 is 1.15 bits per heavy atom. The number of rotatable bonds is 3. The van der Waals surface area contributed by atoms with Gasteiger partial charge in [-0.1, -0.05) is 0 Å². The fourth-order valence-corrected chi connectivity index (χ4v) is 4.20. The van der Waals surface area contributed by atoms with E-state index in [4.69, 9.17) is 9.47 Å². The second-order valence-electron chi connectivity index (χ2n) is 7.95. The van der Waals surface area contributed by atoms with Crippen LogP contribution in [0.4, 0.5) is 10.6 Å². The minimum absolute atomic E-state index is 0.320. The van der Waals surface area contributed by atoms with Gasteiger partial charge in [0.05, 0.1) is 37.8 Å². The molecule has 3 aliphatic rings. The van der Waals surface area contributed by atoms with E-state index in [2.05, 4.69) is 28.7 Å². The number of piperidine rings is 1. The topological polar surface area (TPSA) is 67.8 Å². The third-order valence-electron chi connectivity index (χ3n) is 5.99. The molecular formula is C19H28N4O3. The third kappa shape index (κ3) is 3.42. The highest BCUT2D eigenvalue weighted by Gasteiger charge is 2.47. The third-order valence-corrected chi connectivity index (χ3v) is 5.99. The van der Waals surface area contributed by atoms with Crippen LogP contribution in [0.25, 0.3) is 0 Å². The van der Waals surface area contributed by atoms with Crippen molar-refractivity contribution in [1.82, 2.24) is 14.9 Å². The van der Waals surface area contributed by atoms with Gasteiger partial charge in [-0.25, -0.2) is 9.78 Å². The van der Waals surface area contributed by atoms with Crippen molar-refractivity contribution in [3.05, 3.63) is 18.1 Å². The van der Waals surface area contributed by atoms with E-state index in [1.54, 1.807) is 11.1 Å². The van der Waals surface area contributed by atoms with Crippen LogP contribution in [0.2, 0.25) is 0 Å². The zero-order valence-electron chi connectivity index (χ0n) is 15.7. The number of amides is 1. The fraction of sp³-hybridized carbons (Fsp3) is 0.737. The molecule has 3 aliphatic heterocycles. The molecule has 0 aliphatic carbocycles. The minimum atomic E-state index is -0.417. The van der Waals surface area contributed by atoms with Crippen molar-refractivity contribution in [2.45, 2.75) is 57.1 Å². The van der Waals surface area contributed by atoms with Gasteiger partial charge >= 0.3 is 6.09 Å². The van der Waals surface area contributed by atoms with E-state index in [-0.39, 0.29) is 6.09 Å². The maximum atomic E-state index is 12.3. The lowest BCUT2D eigenvalue weighted by molar-refractivity contribution is -0.0431. The molecule has 7 heteroatoms. The largest absolute Gasteiger partial charge is 0.440 e. The minimum Gasteiger partial charge on any atom is -0.440 e. The van der Waals surface area contributed by atoms with Crippen LogP contribution < -0.4 is 4.90 Å². The second kappa shape index (κ2) is 7.12. The molecule has 0 N–H and O–H groups in total. The fourth-order valence-electron chi connectivity index (χ4n) is 4.20. The maximum Gasteiger partial charge on any atom is 0.416 e. The van der Waals surface area contributed by atoms with E-state index in [1.165, 1.54) is 0 Å². The first-order valence-electron chi connectivity index (χ1n) is 9.71. The van der Waals surface area contributed by atoms with Gasteiger partial charge in [0.15, 0.2) is 5.82 Å². The van der Waals surface area contributed by atoms with Crippen molar-refractivity contribution in [1.29, 1.82) is 0 Å². The van der Waals surface area contributed by atoms with Gasteiger partial charge in [0, 0.05) is 24.8 Å². The molecule has 0 bridgehead atoms. The molecule has 0 saturated carbocycles. The zero-order valence-corrected chi connectivity index (χ0v) is 15.7. The van der Waals surface area contributed by atoms with Crippen LogP contribution in [0.3, 0.4) is 0 Å². The van der Waals surface area contributed by atoms with Gasteiger partial charge in [0.1, 0.15) is 5.60 Å². The number of carbonyl (C=O) groups excluding carboxylic acids is 1. The van der Waals surface area contributed by atoms with Crippen molar-refractivity contribution in [2.24, 2.45) is 0 Å². The van der Waals surface area contributed by atoms with Crippen molar-refractivity contribution in [2.75, 3.05) is 37.7 Å². The van der Waals surface area contributed by atoms with Crippen LogP contribution in [0.1, 0.15) is 51.1 Å². The number of likely N-dealkylation sites (tertiary alicyclic amines) is 1. The molecule has 1 spiro atoms. The van der Waals surface area contributed by atoms with Crippen molar-refractivity contribution >= 4 is 11.9 Å². The van der Waals surface area contributed by atoms with Crippen LogP contribution in [0.5, 0.6) is 0 Å². The highest BCUT2D eigenvalue weighted by atomic mass is 16.6. The highest BCUT2D eigenvalue weighted by molar-refractivity contribution is 5.89. The van der Waals surface area contributed by atoms with Crippen LogP contribution >= 0.6 is 0 Å². The van der Waals surface area contributed by atoms with Gasteiger partial charge in [0.25, 0.3) is 0 Å². The molecule has 3 fully saturated rings. The Morgan fingerprint density at radius 3 is 2.50 bits per heavy atom. The van der Waals surface area contributed by atoms with Crippen LogP contribution in [-0.2, 0) is 9.47 Å². The Kier molecular flexibility index (Phi) is 4.84. The summed E-state index contributed by atoms with van der Waals surface area (Å²) in [5.41, 5.74) is 0.616. The van der Waals surface area contributed by atoms with Gasteiger partial charge in [-0.2, -0.15) is 0 Å². The van der Waals surface area contributed by atoms with Gasteiger partial charge in [-0.3, -0.25) is 9.88 Å². The molecule has 4 rings (SSSR count). The summed E-state index contributed by atoms with van der Waals surface area (Å²) in [4.78, 5) is 25.6. The van der Waals surface area contributed by atoms with Crippen LogP contribution in [0, 0.1) is 0 Å². The first-order valence-corrected chi connectivity index (χ1v) is 9.71. The average molecular weight is 360 g/mol. The number of hydrogen-bond acceptors (Lipinski definition) is 6. The highest BCUT2D eigenvalue weighted by Crippen LogP contribution is 2.34. The van der Waals surface area contributed by atoms with Gasteiger partial charge in [-0.05, 0) is 39.8 Å². The van der Waals surface area contributed by atoms with Gasteiger partial charge < -0.3 is 14.4 Å². The number of hydrogen-bond donors (Lipinski definition) is 0. The molecule has 1 aromatic rings. The first-order chi connectivity index (χ1) is 12.6. The van der Waals surface area contributed by atoms with Crippen LogP contribution in [0.15, 0.2) is 12.4 Å². The summed E-state index contributed by atoms with van der Waals surface area (Å²) in [5, 5.41) is 0. The Bertz CT molecular complexity index is 635. The van der Waals surface area contributed by atoms with E-state index in [9.17, 15) is 4.79 Å². The molecule has 7 nitrogen and oxygen atoms in total. The van der Waals surface area contributed by atoms with E-state index in [0.29, 0.717) is 37.5 Å². The summed E-state index contributed by atoms with van der Waals surface area (Å²) in [7, 11) is 0. The van der Waals surface area contributed by atoms with E-state index in [0.717, 1.165) is 44.5 Å². The SMILES string of the molecule is CC(C)N1CCC(c2cnc(N3CC4(CCOCC4)OC3=O)cn2)CC1. The smallest absolute Gasteiger partial charge is 0.416 e. The monoisotopic (exact) mass is 360 g/mol. The van der Waals surface area contributed by atoms with E-state index < -0.39 is 5.60 Å². The van der Waals surface area contributed by atoms with Gasteiger partial charge in [-0.15, -0.1) is 0 Å². The summed E-state index contributed by atoms with van der Waals surface area (Å²) in [6, 6.07) is 0.600. The average Bonchev–Trinajstić information content (AvgIpc) is 2.98. The quantitative estimate of drug-likeness (QED) is 0.825. The summed E-state index contributed by atoms with van der Waals surface area (Å²) >= 11 is 0. The van der Waals surface area contributed by atoms with E-state index in [1.807, 2.05) is 6.20 Å². The van der Waals surface area contributed by atoms with E-state index >= 15 is 0 Å². The predicted molar refractivity (Wildman–Crippen MR) is 97.3 cm³/mol. The Hall–Kier alpha value is -1.73. The first kappa shape index (κ1) is 17.7. The number of carbonyl (C=O) groups is 1. The molecule has 0 atom stereocenters. The molecule has 3 saturated heterocycles. The number of nitrogens with zero attached hydrogens (tertiary/aromatic N) is 4. The molecule has 0 aromatic carbocycles. The van der Waals surface area contributed by atoms with Gasteiger partial charge in [0.2, 0.25) is 0 Å². The van der Waals surface area contributed by atoms with Crippen molar-refractivity contribution < 1.29 is 14.3 Å². The molecule has 0 radical (unpaired) electrons. The summed E-state index contributed by atoms with van der Waals surface area (Å²) in [5.74, 6) is 1.04. The maximum absolute atomic E-state index is 12.3. The number of ether oxygens (including phenoxy) is 2. The molecule has 0 unspecified atom stereocenters. The lowest BCUT2D eigenvalue weighted by Crippen LogP contribution is -2.40. The molecular weight excluding hydrogens is 332 g/mol. The van der Waals surface area contributed by atoms with Crippen LogP contribution in [-0.4, -0.2) is 65.5 Å². The Balaban J connectivity index is 1.41. The number of aromatic nitrogens is 2. The summed E-state index contributed by atoms with van der Waals surface area (Å²) < 4.78 is 11.1. The summed E-state index contributed by atoms with van der Waals surface area (Å²) in [6.45, 7) is 8.52.